The van der Waals surface area contributed by atoms with Crippen LogP contribution in [-0.2, 0) is 6.54 Å². The summed E-state index contributed by atoms with van der Waals surface area (Å²) in [6, 6.07) is 10.5. The van der Waals surface area contributed by atoms with Gasteiger partial charge in [0, 0.05) is 24.0 Å². The average molecular weight is 396 g/mol. The Kier molecular flexibility index (Phi) is 4.96. The predicted octanol–water partition coefficient (Wildman–Crippen LogP) is 5.75. The van der Waals surface area contributed by atoms with Crippen LogP contribution >= 0.6 is 11.6 Å². The predicted molar refractivity (Wildman–Crippen MR) is 110 cm³/mol. The summed E-state index contributed by atoms with van der Waals surface area (Å²) < 4.78 is 16.3. The van der Waals surface area contributed by atoms with Gasteiger partial charge in [-0.05, 0) is 43.7 Å². The van der Waals surface area contributed by atoms with Crippen LogP contribution < -0.4 is 5.32 Å². The second-order valence-electron chi connectivity index (χ2n) is 6.56. The summed E-state index contributed by atoms with van der Waals surface area (Å²) in [6.07, 6.45) is 4.28. The molecule has 0 aliphatic heterocycles. The van der Waals surface area contributed by atoms with Gasteiger partial charge < -0.3 is 9.88 Å². The number of hydrogen-bond donors (Lipinski definition) is 1. The highest BCUT2D eigenvalue weighted by atomic mass is 35.5. The highest BCUT2D eigenvalue weighted by Crippen LogP contribution is 2.31. The van der Waals surface area contributed by atoms with Crippen molar-refractivity contribution in [1.29, 1.82) is 0 Å². The summed E-state index contributed by atoms with van der Waals surface area (Å²) in [7, 11) is 0. The van der Waals surface area contributed by atoms with Crippen molar-refractivity contribution < 1.29 is 4.39 Å². The molecule has 0 atom stereocenters. The van der Waals surface area contributed by atoms with Crippen molar-refractivity contribution in [3.05, 3.63) is 65.3 Å². The van der Waals surface area contributed by atoms with Crippen molar-refractivity contribution in [1.82, 2.24) is 19.5 Å². The van der Waals surface area contributed by atoms with E-state index >= 15 is 0 Å². The molecular formula is C21H19ClFN5. The summed E-state index contributed by atoms with van der Waals surface area (Å²) in [4.78, 5) is 13.3. The monoisotopic (exact) mass is 395 g/mol. The number of aromatic nitrogens is 4. The van der Waals surface area contributed by atoms with Gasteiger partial charge in [-0.15, -0.1) is 0 Å². The second kappa shape index (κ2) is 7.56. The van der Waals surface area contributed by atoms with Crippen LogP contribution in [0.5, 0.6) is 0 Å². The van der Waals surface area contributed by atoms with E-state index in [4.69, 9.17) is 11.6 Å². The average Bonchev–Trinajstić information content (AvgIpc) is 3.05. The van der Waals surface area contributed by atoms with Gasteiger partial charge in [-0.1, -0.05) is 24.6 Å². The molecule has 0 bridgehead atoms. The second-order valence-corrected chi connectivity index (χ2v) is 6.97. The lowest BCUT2D eigenvalue weighted by Gasteiger charge is -2.11. The number of anilines is 2. The highest BCUT2D eigenvalue weighted by molar-refractivity contribution is 6.33. The minimum Gasteiger partial charge on any atom is -0.338 e. The van der Waals surface area contributed by atoms with Gasteiger partial charge in [0.05, 0.1) is 22.4 Å². The Morgan fingerprint density at radius 1 is 1.14 bits per heavy atom. The number of imidazole rings is 1. The lowest BCUT2D eigenvalue weighted by Crippen LogP contribution is -2.02. The molecule has 4 aromatic rings. The Bertz CT molecular complexity index is 1140. The molecule has 7 heteroatoms. The number of nitrogens with zero attached hydrogens (tertiary/aromatic N) is 4. The normalized spacial score (nSPS) is 11.1. The first-order valence-electron chi connectivity index (χ1n) is 9.07. The summed E-state index contributed by atoms with van der Waals surface area (Å²) in [5.41, 5.74) is 3.59. The molecule has 0 aliphatic carbocycles. The fourth-order valence-corrected chi connectivity index (χ4v) is 3.35. The number of para-hydroxylation sites is 1. The van der Waals surface area contributed by atoms with E-state index in [1.165, 1.54) is 6.07 Å². The summed E-state index contributed by atoms with van der Waals surface area (Å²) in [5, 5.41) is 3.61. The largest absolute Gasteiger partial charge is 0.338 e. The third-order valence-electron chi connectivity index (χ3n) is 4.44. The number of hydrogen-bond acceptors (Lipinski definition) is 4. The molecule has 0 saturated heterocycles. The molecule has 5 nitrogen and oxygen atoms in total. The van der Waals surface area contributed by atoms with Crippen LogP contribution in [0.15, 0.2) is 48.8 Å². The molecule has 3 aromatic heterocycles. The van der Waals surface area contributed by atoms with E-state index in [0.29, 0.717) is 34.2 Å². The molecule has 0 aliphatic rings. The van der Waals surface area contributed by atoms with Crippen LogP contribution in [0.3, 0.4) is 0 Å². The zero-order chi connectivity index (χ0) is 19.7. The van der Waals surface area contributed by atoms with Crippen LogP contribution in [0.2, 0.25) is 5.02 Å². The number of pyridine rings is 2. The Morgan fingerprint density at radius 2 is 2.00 bits per heavy atom. The number of rotatable bonds is 5. The molecule has 142 valence electrons. The first kappa shape index (κ1) is 18.4. The topological polar surface area (TPSA) is 55.6 Å². The number of fused-ring (bicyclic) bond motifs is 1. The van der Waals surface area contributed by atoms with E-state index in [0.717, 1.165) is 23.4 Å². The lowest BCUT2D eigenvalue weighted by molar-refractivity contribution is 0.619. The molecule has 28 heavy (non-hydrogen) atoms. The molecule has 0 fully saturated rings. The van der Waals surface area contributed by atoms with Crippen LogP contribution in [0.4, 0.5) is 15.9 Å². The zero-order valence-electron chi connectivity index (χ0n) is 15.6. The molecule has 0 amide bonds. The van der Waals surface area contributed by atoms with E-state index in [-0.39, 0.29) is 5.82 Å². The Morgan fingerprint density at radius 3 is 2.71 bits per heavy atom. The number of benzene rings is 1. The van der Waals surface area contributed by atoms with Crippen LogP contribution in [0.1, 0.15) is 19.0 Å². The van der Waals surface area contributed by atoms with E-state index in [2.05, 4.69) is 20.3 Å². The van der Waals surface area contributed by atoms with Crippen molar-refractivity contribution >= 4 is 34.1 Å². The van der Waals surface area contributed by atoms with Crippen molar-refractivity contribution in [2.24, 2.45) is 0 Å². The molecule has 0 spiro atoms. The minimum absolute atomic E-state index is 0.283. The highest BCUT2D eigenvalue weighted by Gasteiger charge is 2.16. The third kappa shape index (κ3) is 3.43. The number of aryl methyl sites for hydroxylation is 2. The van der Waals surface area contributed by atoms with Gasteiger partial charge >= 0.3 is 0 Å². The fraction of sp³-hybridized carbons (Fsp3) is 0.190. The maximum Gasteiger partial charge on any atom is 0.149 e. The van der Waals surface area contributed by atoms with Crippen molar-refractivity contribution in [3.8, 4) is 11.4 Å². The van der Waals surface area contributed by atoms with E-state index in [1.807, 2.05) is 36.6 Å². The van der Waals surface area contributed by atoms with Crippen LogP contribution in [-0.4, -0.2) is 19.5 Å². The zero-order valence-corrected chi connectivity index (χ0v) is 16.3. The Hall–Kier alpha value is -2.99. The smallest absolute Gasteiger partial charge is 0.149 e. The summed E-state index contributed by atoms with van der Waals surface area (Å²) >= 11 is 6.46. The van der Waals surface area contributed by atoms with E-state index < -0.39 is 0 Å². The summed E-state index contributed by atoms with van der Waals surface area (Å²) in [6.45, 7) is 4.62. The first-order valence-corrected chi connectivity index (χ1v) is 9.45. The van der Waals surface area contributed by atoms with E-state index in [9.17, 15) is 4.39 Å². The minimum atomic E-state index is -0.283. The van der Waals surface area contributed by atoms with Crippen LogP contribution in [0, 0.1) is 12.7 Å². The molecule has 0 saturated carbocycles. The Labute approximate surface area is 167 Å². The molecular weight excluding hydrogens is 377 g/mol. The fourth-order valence-electron chi connectivity index (χ4n) is 3.13. The van der Waals surface area contributed by atoms with Gasteiger partial charge in [-0.25, -0.2) is 14.4 Å². The van der Waals surface area contributed by atoms with Gasteiger partial charge in [0.25, 0.3) is 0 Å². The number of halogens is 2. The first-order chi connectivity index (χ1) is 13.6. The van der Waals surface area contributed by atoms with Crippen molar-refractivity contribution in [2.45, 2.75) is 26.8 Å². The molecule has 3 heterocycles. The van der Waals surface area contributed by atoms with E-state index in [1.54, 1.807) is 24.5 Å². The standard InChI is InChI=1S/C21H19ClFN5/c1-3-9-28-19-17(23)5-4-6-18(19)27-21(28)14-10-16(22)20(25-11-14)26-15-8-7-13(2)24-12-15/h4-8,10-12H,3,9H2,1-2H3,(H,25,26). The molecule has 0 unspecified atom stereocenters. The molecule has 1 aromatic carbocycles. The van der Waals surface area contributed by atoms with Gasteiger partial charge in [-0.2, -0.15) is 0 Å². The molecule has 0 radical (unpaired) electrons. The maximum atomic E-state index is 14.4. The van der Waals surface area contributed by atoms with Gasteiger partial charge in [0.2, 0.25) is 0 Å². The molecule has 1 N–H and O–H groups in total. The Balaban J connectivity index is 1.74. The molecule has 4 rings (SSSR count). The lowest BCUT2D eigenvalue weighted by atomic mass is 10.2. The maximum absolute atomic E-state index is 14.4. The van der Waals surface area contributed by atoms with Gasteiger partial charge in [-0.3, -0.25) is 4.98 Å². The van der Waals surface area contributed by atoms with Crippen molar-refractivity contribution in [3.63, 3.8) is 0 Å². The third-order valence-corrected chi connectivity index (χ3v) is 4.73. The van der Waals surface area contributed by atoms with Gasteiger partial charge in [0.1, 0.15) is 23.0 Å². The quantitative estimate of drug-likeness (QED) is 0.467. The summed E-state index contributed by atoms with van der Waals surface area (Å²) in [5.74, 6) is 0.897. The SMILES string of the molecule is CCCn1c(-c2cnc(Nc3ccc(C)nc3)c(Cl)c2)nc2cccc(F)c21. The van der Waals surface area contributed by atoms with Crippen LogP contribution in [0.25, 0.3) is 22.4 Å². The van der Waals surface area contributed by atoms with Gasteiger partial charge in [0.15, 0.2) is 0 Å². The number of nitrogens with one attached hydrogen (secondary N) is 1. The van der Waals surface area contributed by atoms with Crippen molar-refractivity contribution in [2.75, 3.05) is 5.32 Å².